The van der Waals surface area contributed by atoms with Gasteiger partial charge in [0.2, 0.25) is 0 Å². The van der Waals surface area contributed by atoms with Gasteiger partial charge < -0.3 is 14.2 Å². The Labute approximate surface area is 428 Å². The summed E-state index contributed by atoms with van der Waals surface area (Å²) in [6, 6.07) is 28.4. The average molecular weight is 943 g/mol. The Balaban J connectivity index is 1.24. The zero-order chi connectivity index (χ0) is 50.7. The highest BCUT2D eigenvalue weighted by Gasteiger charge is 2.51. The second-order valence-corrected chi connectivity index (χ2v) is 29.2. The molecule has 0 amide bonds. The lowest BCUT2D eigenvalue weighted by Gasteiger charge is -2.48. The fourth-order valence-electron chi connectivity index (χ4n) is 15.1. The lowest BCUT2D eigenvalue weighted by Crippen LogP contribution is -2.61. The van der Waals surface area contributed by atoms with Crippen molar-refractivity contribution in [2.24, 2.45) is 0 Å². The molecule has 0 unspecified atom stereocenters. The van der Waals surface area contributed by atoms with Crippen LogP contribution in [0.5, 0.6) is 0 Å². The Morgan fingerprint density at radius 3 is 1.38 bits per heavy atom. The molecule has 0 saturated heterocycles. The maximum Gasteiger partial charge on any atom is 0.297 e. The molecule has 1 aromatic heterocycles. The first-order chi connectivity index (χ1) is 33.0. The van der Waals surface area contributed by atoms with E-state index in [-0.39, 0.29) is 50.0 Å². The van der Waals surface area contributed by atoms with E-state index in [0.717, 1.165) is 17.7 Å². The molecular weight excluding hydrogens is 860 g/mol. The number of aryl methyl sites for hydroxylation is 2. The number of nitrogens with zero attached hydrogens (tertiary/aromatic N) is 2. The van der Waals surface area contributed by atoms with Crippen molar-refractivity contribution in [2.75, 3.05) is 9.80 Å². The highest BCUT2D eigenvalue weighted by atomic mass is 16.3. The van der Waals surface area contributed by atoms with Crippen molar-refractivity contribution in [3.63, 3.8) is 0 Å². The molecule has 5 aromatic carbocycles. The molecule has 4 heteroatoms. The molecule has 0 spiro atoms. The van der Waals surface area contributed by atoms with Crippen LogP contribution in [0.1, 0.15) is 225 Å². The molecule has 2 aliphatic heterocycles. The van der Waals surface area contributed by atoms with Crippen molar-refractivity contribution in [1.82, 2.24) is 0 Å². The SMILES string of the molecule is CCc1cc2c3c(c1)N(c1ccc4c(c1)C(C)(C)CCC4(C)C)c1c(oc4cc5c(cc14)C(C)(C)CCC5(C)C)B3c1cc3c(cc1N2c1cc2c(cc1C)C(C)(C)CCC2(C)C)C(C)(C)CCC3(C)C. The van der Waals surface area contributed by atoms with E-state index in [1.807, 2.05) is 0 Å². The van der Waals surface area contributed by atoms with Crippen LogP contribution in [0.15, 0.2) is 71.1 Å². The molecule has 370 valence electrons. The topological polar surface area (TPSA) is 19.6 Å². The van der Waals surface area contributed by atoms with E-state index in [9.17, 15) is 0 Å². The lowest BCUT2D eigenvalue weighted by molar-refractivity contribution is 0.331. The third-order valence-corrected chi connectivity index (χ3v) is 20.6. The number of hydrogen-bond acceptors (Lipinski definition) is 3. The maximum atomic E-state index is 7.79. The summed E-state index contributed by atoms with van der Waals surface area (Å²) in [4.78, 5) is 5.45. The molecule has 4 aliphatic carbocycles. The van der Waals surface area contributed by atoms with Gasteiger partial charge in [0.25, 0.3) is 6.71 Å². The van der Waals surface area contributed by atoms with E-state index >= 15 is 0 Å². The van der Waals surface area contributed by atoms with E-state index in [2.05, 4.69) is 201 Å². The quantitative estimate of drug-likeness (QED) is 0.165. The maximum absolute atomic E-state index is 7.79. The van der Waals surface area contributed by atoms with E-state index < -0.39 is 0 Å². The Bertz CT molecular complexity index is 3290. The summed E-state index contributed by atoms with van der Waals surface area (Å²) in [6.45, 7) is 44.3. The van der Waals surface area contributed by atoms with Gasteiger partial charge in [-0.25, -0.2) is 0 Å². The number of anilines is 6. The minimum absolute atomic E-state index is 0.0363. The minimum Gasteiger partial charge on any atom is -0.468 e. The van der Waals surface area contributed by atoms with Crippen molar-refractivity contribution < 1.29 is 4.42 Å². The van der Waals surface area contributed by atoms with E-state index in [0.29, 0.717) is 0 Å². The van der Waals surface area contributed by atoms with Gasteiger partial charge in [-0.15, -0.1) is 0 Å². The average Bonchev–Trinajstić information content (AvgIpc) is 3.67. The van der Waals surface area contributed by atoms with Crippen LogP contribution in [-0.2, 0) is 49.7 Å². The molecule has 0 fully saturated rings. The third kappa shape index (κ3) is 6.66. The van der Waals surface area contributed by atoms with Crippen molar-refractivity contribution in [2.45, 2.75) is 226 Å². The molecule has 0 radical (unpaired) electrons. The van der Waals surface area contributed by atoms with Gasteiger partial charge in [-0.05, 0) is 223 Å². The third-order valence-electron chi connectivity index (χ3n) is 20.6. The van der Waals surface area contributed by atoms with Crippen molar-refractivity contribution in [3.8, 4) is 0 Å². The monoisotopic (exact) mass is 943 g/mol. The summed E-state index contributed by atoms with van der Waals surface area (Å²) < 4.78 is 7.79. The number of fused-ring (bicyclic) bond motifs is 10. The molecule has 0 saturated carbocycles. The van der Waals surface area contributed by atoms with Crippen LogP contribution in [0.2, 0.25) is 0 Å². The van der Waals surface area contributed by atoms with Crippen LogP contribution < -0.4 is 26.4 Å². The van der Waals surface area contributed by atoms with Crippen LogP contribution in [-0.4, -0.2) is 6.71 Å². The summed E-state index contributed by atoms with van der Waals surface area (Å²) in [7, 11) is 0. The molecule has 12 rings (SSSR count). The molecule has 71 heavy (non-hydrogen) atoms. The molecule has 3 nitrogen and oxygen atoms in total. The number of rotatable bonds is 3. The zero-order valence-corrected chi connectivity index (χ0v) is 47.1. The number of benzene rings is 5. The van der Waals surface area contributed by atoms with Crippen LogP contribution in [0.4, 0.5) is 34.1 Å². The summed E-state index contributed by atoms with van der Waals surface area (Å²) in [5.41, 5.74) is 27.8. The van der Waals surface area contributed by atoms with Gasteiger partial charge in [0.05, 0.1) is 11.3 Å². The van der Waals surface area contributed by atoms with Gasteiger partial charge in [0, 0.05) is 33.8 Å². The van der Waals surface area contributed by atoms with Gasteiger partial charge in [-0.1, -0.05) is 136 Å². The van der Waals surface area contributed by atoms with Gasteiger partial charge in [-0.3, -0.25) is 0 Å². The first kappa shape index (κ1) is 47.3. The van der Waals surface area contributed by atoms with Crippen molar-refractivity contribution >= 4 is 68.4 Å². The summed E-state index contributed by atoms with van der Waals surface area (Å²) in [6.07, 6.45) is 10.4. The predicted molar refractivity (Wildman–Crippen MR) is 305 cm³/mol. The van der Waals surface area contributed by atoms with Crippen molar-refractivity contribution in [1.29, 1.82) is 0 Å². The van der Waals surface area contributed by atoms with Crippen molar-refractivity contribution in [3.05, 3.63) is 122 Å². The first-order valence-electron chi connectivity index (χ1n) is 27.9. The van der Waals surface area contributed by atoms with Crippen LogP contribution in [0.25, 0.3) is 11.0 Å². The smallest absolute Gasteiger partial charge is 0.297 e. The van der Waals surface area contributed by atoms with E-state index in [4.69, 9.17) is 4.42 Å². The molecule has 6 aliphatic rings. The fraction of sp³-hybridized carbons (Fsp3) is 0.522. The van der Waals surface area contributed by atoms with Gasteiger partial charge in [0.15, 0.2) is 0 Å². The summed E-state index contributed by atoms with van der Waals surface area (Å²) in [5, 5.41) is 1.25. The first-order valence-corrected chi connectivity index (χ1v) is 27.9. The van der Waals surface area contributed by atoms with Crippen LogP contribution in [0, 0.1) is 6.92 Å². The Hall–Kier alpha value is -4.70. The van der Waals surface area contributed by atoms with Gasteiger partial charge in [0.1, 0.15) is 5.58 Å². The summed E-state index contributed by atoms with van der Waals surface area (Å²) in [5.74, 6) is 0. The lowest BCUT2D eigenvalue weighted by atomic mass is 9.35. The standard InChI is InChI=1S/C67H83BN2O/c1-19-40-31-54-57-55(32-40)70(52-36-48-44(30-39(52)2)61(5,6)24-27-65(48,13)14)53-37-49-47(64(11,12)26-28-66(49,15)16)35-51(53)68(57)59-58(42-34-46-50(38-56(42)71-59)67(17,18)29-25-63(46,9)10)69(54)41-20-21-43-45(33-41)62(7,8)23-22-60(43,3)4/h20-21,30-38H,19,22-29H2,1-18H3. The van der Waals surface area contributed by atoms with E-state index in [1.165, 1.54) is 157 Å². The molecule has 3 heterocycles. The second-order valence-electron chi connectivity index (χ2n) is 29.2. The Morgan fingerprint density at radius 1 is 0.437 bits per heavy atom. The van der Waals surface area contributed by atoms with Crippen LogP contribution >= 0.6 is 0 Å². The zero-order valence-electron chi connectivity index (χ0n) is 47.1. The highest BCUT2D eigenvalue weighted by Crippen LogP contribution is 2.56. The number of hydrogen-bond donors (Lipinski definition) is 0. The number of furan rings is 1. The molecule has 0 atom stereocenters. The minimum atomic E-state index is -0.0960. The molecule has 0 N–H and O–H groups in total. The van der Waals surface area contributed by atoms with Gasteiger partial charge in [-0.2, -0.15) is 0 Å². The molecule has 0 bridgehead atoms. The molecule has 6 aromatic rings. The largest absolute Gasteiger partial charge is 0.468 e. The Morgan fingerprint density at radius 2 is 0.859 bits per heavy atom. The molecular formula is C67H83BN2O. The van der Waals surface area contributed by atoms with Gasteiger partial charge >= 0.3 is 0 Å². The van der Waals surface area contributed by atoms with Crippen LogP contribution in [0.3, 0.4) is 0 Å². The fourth-order valence-corrected chi connectivity index (χ4v) is 15.1. The normalized spacial score (nSPS) is 22.6. The predicted octanol–water partition coefficient (Wildman–Crippen LogP) is 16.8. The highest BCUT2D eigenvalue weighted by molar-refractivity contribution is 7.00. The summed E-state index contributed by atoms with van der Waals surface area (Å²) >= 11 is 0. The second kappa shape index (κ2) is 14.5. The Kier molecular flexibility index (Phi) is 9.69. The van der Waals surface area contributed by atoms with E-state index in [1.54, 1.807) is 0 Å².